The Hall–Kier alpha value is -2.62. The number of terminal acetylenes is 1. The first-order valence-electron chi connectivity index (χ1n) is 8.07. The lowest BCUT2D eigenvalue weighted by molar-refractivity contribution is 0.208. The Labute approximate surface area is 151 Å². The van der Waals surface area contributed by atoms with E-state index in [1.54, 1.807) is 6.92 Å². The van der Waals surface area contributed by atoms with Gasteiger partial charge in [-0.15, -0.1) is 17.8 Å². The van der Waals surface area contributed by atoms with Crippen molar-refractivity contribution in [3.05, 3.63) is 46.8 Å². The number of thiophene rings is 1. The van der Waals surface area contributed by atoms with E-state index in [9.17, 15) is 5.11 Å². The van der Waals surface area contributed by atoms with Crippen molar-refractivity contribution in [1.29, 1.82) is 0 Å². The molecular weight excluding hydrogens is 332 g/mol. The number of hydrogen-bond acceptors (Lipinski definition) is 6. The van der Waals surface area contributed by atoms with E-state index >= 15 is 0 Å². The van der Waals surface area contributed by atoms with E-state index in [1.165, 1.54) is 16.9 Å². The van der Waals surface area contributed by atoms with Crippen LogP contribution in [0.15, 0.2) is 35.7 Å². The molecule has 3 aromatic rings. The van der Waals surface area contributed by atoms with Crippen LogP contribution < -0.4 is 10.6 Å². The predicted molar refractivity (Wildman–Crippen MR) is 104 cm³/mol. The zero-order valence-electron chi connectivity index (χ0n) is 14.2. The highest BCUT2D eigenvalue weighted by molar-refractivity contribution is 7.18. The highest BCUT2D eigenvalue weighted by atomic mass is 32.1. The molecule has 0 bridgehead atoms. The highest BCUT2D eigenvalue weighted by Gasteiger charge is 2.15. The summed E-state index contributed by atoms with van der Waals surface area (Å²) in [7, 11) is 0. The molecule has 128 valence electrons. The summed E-state index contributed by atoms with van der Waals surface area (Å²) >= 11 is 1.53. The molecule has 0 spiro atoms. The fourth-order valence-electron chi connectivity index (χ4n) is 2.47. The maximum Gasteiger partial charge on any atom is 0.225 e. The summed E-state index contributed by atoms with van der Waals surface area (Å²) in [6.45, 7) is 4.16. The topological polar surface area (TPSA) is 70.1 Å². The number of aliphatic hydroxyl groups excluding tert-OH is 1. The second-order valence-corrected chi connectivity index (χ2v) is 6.75. The van der Waals surface area contributed by atoms with Gasteiger partial charge < -0.3 is 15.7 Å². The van der Waals surface area contributed by atoms with Crippen LogP contribution in [0.2, 0.25) is 0 Å². The van der Waals surface area contributed by atoms with Gasteiger partial charge in [0.05, 0.1) is 16.4 Å². The van der Waals surface area contributed by atoms with Crippen LogP contribution in [0.1, 0.15) is 31.0 Å². The van der Waals surface area contributed by atoms with Crippen LogP contribution in [-0.2, 0) is 0 Å². The number of aliphatic hydroxyl groups is 1. The maximum atomic E-state index is 9.49. The van der Waals surface area contributed by atoms with E-state index in [4.69, 9.17) is 6.42 Å². The number of hydrogen-bond donors (Lipinski definition) is 3. The molecule has 0 aliphatic rings. The minimum atomic E-state index is -0.492. The Kier molecular flexibility index (Phi) is 5.17. The fourth-order valence-corrected chi connectivity index (χ4v) is 3.37. The summed E-state index contributed by atoms with van der Waals surface area (Å²) in [5.74, 6) is 3.86. The van der Waals surface area contributed by atoms with Crippen LogP contribution in [0.25, 0.3) is 10.2 Å². The minimum absolute atomic E-state index is 0.0836. The number of aromatic nitrogens is 2. The number of benzene rings is 1. The van der Waals surface area contributed by atoms with Crippen LogP contribution in [0.4, 0.5) is 11.8 Å². The van der Waals surface area contributed by atoms with Crippen molar-refractivity contribution in [3.8, 4) is 12.3 Å². The van der Waals surface area contributed by atoms with Gasteiger partial charge in [0.15, 0.2) is 0 Å². The molecule has 3 rings (SSSR count). The first kappa shape index (κ1) is 17.2. The van der Waals surface area contributed by atoms with Gasteiger partial charge >= 0.3 is 0 Å². The molecule has 25 heavy (non-hydrogen) atoms. The van der Waals surface area contributed by atoms with Crippen LogP contribution in [-0.4, -0.2) is 27.7 Å². The number of fused-ring (bicyclic) bond motifs is 1. The van der Waals surface area contributed by atoms with Crippen molar-refractivity contribution in [1.82, 2.24) is 9.97 Å². The second-order valence-electron chi connectivity index (χ2n) is 5.87. The van der Waals surface area contributed by atoms with Gasteiger partial charge in [0.1, 0.15) is 11.3 Å². The van der Waals surface area contributed by atoms with E-state index in [1.807, 2.05) is 23.6 Å². The van der Waals surface area contributed by atoms with Crippen molar-refractivity contribution < 1.29 is 5.11 Å². The zero-order chi connectivity index (χ0) is 17.8. The monoisotopic (exact) mass is 352 g/mol. The van der Waals surface area contributed by atoms with Crippen molar-refractivity contribution >= 4 is 33.3 Å². The highest BCUT2D eigenvalue weighted by Crippen LogP contribution is 2.32. The summed E-state index contributed by atoms with van der Waals surface area (Å²) in [6.07, 6.45) is 5.10. The Morgan fingerprint density at radius 3 is 2.68 bits per heavy atom. The lowest BCUT2D eigenvalue weighted by Crippen LogP contribution is -2.17. The van der Waals surface area contributed by atoms with Gasteiger partial charge in [-0.2, -0.15) is 4.98 Å². The Bertz CT molecular complexity index is 899. The lowest BCUT2D eigenvalue weighted by atomic mass is 10.1. The molecule has 1 aromatic carbocycles. The van der Waals surface area contributed by atoms with Crippen LogP contribution >= 0.6 is 11.3 Å². The molecule has 0 aliphatic heterocycles. The molecule has 0 aliphatic carbocycles. The molecule has 0 saturated heterocycles. The third-order valence-electron chi connectivity index (χ3n) is 3.78. The summed E-state index contributed by atoms with van der Waals surface area (Å²) < 4.78 is 0.929. The van der Waals surface area contributed by atoms with Crippen molar-refractivity contribution in [2.75, 3.05) is 17.2 Å². The van der Waals surface area contributed by atoms with Gasteiger partial charge in [-0.1, -0.05) is 36.3 Å². The summed E-state index contributed by atoms with van der Waals surface area (Å²) in [4.78, 5) is 9.10. The Morgan fingerprint density at radius 2 is 2.00 bits per heavy atom. The fraction of sp³-hybridized carbons (Fsp3) is 0.263. The number of anilines is 2. The van der Waals surface area contributed by atoms with Crippen LogP contribution in [0.3, 0.4) is 0 Å². The molecule has 0 amide bonds. The molecule has 2 aromatic heterocycles. The van der Waals surface area contributed by atoms with E-state index in [2.05, 4.69) is 45.6 Å². The first-order valence-corrected chi connectivity index (χ1v) is 8.95. The summed E-state index contributed by atoms with van der Waals surface area (Å²) in [5.41, 5.74) is 2.66. The molecule has 3 N–H and O–H groups in total. The first-order chi connectivity index (χ1) is 12.1. The average molecular weight is 352 g/mol. The van der Waals surface area contributed by atoms with Gasteiger partial charge in [-0.3, -0.25) is 0 Å². The van der Waals surface area contributed by atoms with Crippen molar-refractivity contribution in [2.24, 2.45) is 0 Å². The van der Waals surface area contributed by atoms with Crippen molar-refractivity contribution in [2.45, 2.75) is 26.0 Å². The van der Waals surface area contributed by atoms with Crippen molar-refractivity contribution in [3.63, 3.8) is 0 Å². The van der Waals surface area contributed by atoms with Crippen LogP contribution in [0.5, 0.6) is 0 Å². The molecule has 0 radical (unpaired) electrons. The molecule has 5 nitrogen and oxygen atoms in total. The van der Waals surface area contributed by atoms with E-state index in [0.29, 0.717) is 12.5 Å². The van der Waals surface area contributed by atoms with E-state index < -0.39 is 6.10 Å². The Morgan fingerprint density at radius 1 is 1.24 bits per heavy atom. The quantitative estimate of drug-likeness (QED) is 0.591. The molecule has 1 unspecified atom stereocenters. The third-order valence-corrected chi connectivity index (χ3v) is 4.76. The van der Waals surface area contributed by atoms with E-state index in [-0.39, 0.29) is 6.04 Å². The smallest absolute Gasteiger partial charge is 0.225 e. The molecule has 0 saturated carbocycles. The number of rotatable bonds is 6. The van der Waals surface area contributed by atoms with Gasteiger partial charge in [0.25, 0.3) is 0 Å². The minimum Gasteiger partial charge on any atom is -0.392 e. The number of nitrogens with one attached hydrogen (secondary N) is 2. The van der Waals surface area contributed by atoms with Gasteiger partial charge in [-0.05, 0) is 19.4 Å². The average Bonchev–Trinajstić information content (AvgIpc) is 3.04. The van der Waals surface area contributed by atoms with Gasteiger partial charge in [-0.25, -0.2) is 4.98 Å². The Balaban J connectivity index is 1.97. The number of nitrogens with zero attached hydrogens (tertiary/aromatic N) is 2. The second kappa shape index (κ2) is 7.51. The normalized spacial score (nSPS) is 13.2. The SMILES string of the molecule is C#Cc1csc2c(N[C@H](C)c3ccccc3)nc(NCC(C)O)nc12. The standard InChI is InChI=1S/C19H20N4OS/c1-4-14-11-25-17-16(14)22-19(20-10-12(2)24)23-18(17)21-13(3)15-8-6-5-7-9-15/h1,5-9,11-13,24H,10H2,2-3H3,(H2,20,21,22,23)/t12?,13-/m1/s1. The molecular formula is C19H20N4OS. The molecule has 2 atom stereocenters. The lowest BCUT2D eigenvalue weighted by Gasteiger charge is -2.16. The summed E-state index contributed by atoms with van der Waals surface area (Å²) in [6, 6.07) is 10.3. The molecule has 2 heterocycles. The van der Waals surface area contributed by atoms with Gasteiger partial charge in [0, 0.05) is 18.0 Å². The zero-order valence-corrected chi connectivity index (χ0v) is 15.0. The largest absolute Gasteiger partial charge is 0.392 e. The van der Waals surface area contributed by atoms with Crippen LogP contribution in [0, 0.1) is 12.3 Å². The molecule has 6 heteroatoms. The maximum absolute atomic E-state index is 9.49. The summed E-state index contributed by atoms with van der Waals surface area (Å²) in [5, 5.41) is 17.9. The molecule has 0 fully saturated rings. The third kappa shape index (κ3) is 3.90. The van der Waals surface area contributed by atoms with Gasteiger partial charge in [0.2, 0.25) is 5.95 Å². The predicted octanol–water partition coefficient (Wildman–Crippen LogP) is 3.64. The van der Waals surface area contributed by atoms with E-state index in [0.717, 1.165) is 21.6 Å².